The van der Waals surface area contributed by atoms with E-state index in [1.807, 2.05) is 55.5 Å². The van der Waals surface area contributed by atoms with E-state index in [0.717, 1.165) is 6.42 Å². The molecule has 2 aromatic carbocycles. The van der Waals surface area contributed by atoms with Gasteiger partial charge in [0.2, 0.25) is 5.54 Å². The lowest BCUT2D eigenvalue weighted by Gasteiger charge is -2.39. The summed E-state index contributed by atoms with van der Waals surface area (Å²) in [6.07, 6.45) is 2.17. The van der Waals surface area contributed by atoms with E-state index in [1.165, 1.54) is 5.01 Å². The van der Waals surface area contributed by atoms with Crippen molar-refractivity contribution >= 4 is 23.6 Å². The molecule has 0 radical (unpaired) electrons. The van der Waals surface area contributed by atoms with Crippen molar-refractivity contribution in [2.75, 3.05) is 10.4 Å². The van der Waals surface area contributed by atoms with Crippen molar-refractivity contribution < 1.29 is 14.7 Å². The molecule has 24 heavy (non-hydrogen) atoms. The SMILES string of the molecule is CCCCC(C=O)(C(=O)O)N(Nc1ccccc1)c1ccccc1. The van der Waals surface area contributed by atoms with Gasteiger partial charge in [0.1, 0.15) is 0 Å². The molecule has 0 amide bonds. The summed E-state index contributed by atoms with van der Waals surface area (Å²) in [7, 11) is 0. The van der Waals surface area contributed by atoms with Gasteiger partial charge in [-0.1, -0.05) is 56.2 Å². The smallest absolute Gasteiger partial charge is 0.339 e. The summed E-state index contributed by atoms with van der Waals surface area (Å²) >= 11 is 0. The third-order valence-corrected chi connectivity index (χ3v) is 3.90. The second-order valence-electron chi connectivity index (χ2n) is 5.60. The molecule has 2 rings (SSSR count). The predicted octanol–water partition coefficient (Wildman–Crippen LogP) is 3.73. The number of nitrogens with one attached hydrogen (secondary N) is 1. The Labute approximate surface area is 141 Å². The van der Waals surface area contributed by atoms with Gasteiger partial charge in [0.05, 0.1) is 11.4 Å². The van der Waals surface area contributed by atoms with E-state index < -0.39 is 11.5 Å². The molecule has 1 unspecified atom stereocenters. The number of carboxylic acid groups (broad SMARTS) is 1. The van der Waals surface area contributed by atoms with Crippen molar-refractivity contribution in [3.63, 3.8) is 0 Å². The van der Waals surface area contributed by atoms with E-state index >= 15 is 0 Å². The van der Waals surface area contributed by atoms with Crippen LogP contribution in [0.3, 0.4) is 0 Å². The second kappa shape index (κ2) is 8.15. The maximum absolute atomic E-state index is 12.1. The van der Waals surface area contributed by atoms with Crippen LogP contribution in [-0.4, -0.2) is 22.9 Å². The molecule has 5 heteroatoms. The van der Waals surface area contributed by atoms with Crippen LogP contribution in [0.15, 0.2) is 60.7 Å². The number of carbonyl (C=O) groups excluding carboxylic acids is 1. The zero-order valence-electron chi connectivity index (χ0n) is 13.7. The fourth-order valence-corrected chi connectivity index (χ4v) is 2.54. The monoisotopic (exact) mass is 326 g/mol. The summed E-state index contributed by atoms with van der Waals surface area (Å²) in [5.41, 5.74) is 2.76. The molecule has 0 bridgehead atoms. The number of para-hydroxylation sites is 2. The van der Waals surface area contributed by atoms with Gasteiger partial charge >= 0.3 is 5.97 Å². The number of hydrogen-bond donors (Lipinski definition) is 2. The summed E-state index contributed by atoms with van der Waals surface area (Å²) in [6, 6.07) is 18.3. The third-order valence-electron chi connectivity index (χ3n) is 3.90. The first kappa shape index (κ1) is 17.5. The Hall–Kier alpha value is -2.82. The minimum absolute atomic E-state index is 0.219. The van der Waals surface area contributed by atoms with Gasteiger partial charge in [-0.2, -0.15) is 0 Å². The molecule has 5 nitrogen and oxygen atoms in total. The minimum Gasteiger partial charge on any atom is -0.479 e. The summed E-state index contributed by atoms with van der Waals surface area (Å²) in [5.74, 6) is -1.17. The highest BCUT2D eigenvalue weighted by Crippen LogP contribution is 2.28. The molecule has 1 atom stereocenters. The number of anilines is 2. The van der Waals surface area contributed by atoms with Crippen LogP contribution in [0.1, 0.15) is 26.2 Å². The first-order valence-corrected chi connectivity index (χ1v) is 8.00. The van der Waals surface area contributed by atoms with Crippen LogP contribution in [0.5, 0.6) is 0 Å². The zero-order valence-corrected chi connectivity index (χ0v) is 13.7. The fraction of sp³-hybridized carbons (Fsp3) is 0.263. The van der Waals surface area contributed by atoms with Crippen molar-refractivity contribution in [2.24, 2.45) is 0 Å². The molecule has 0 aliphatic rings. The predicted molar refractivity (Wildman–Crippen MR) is 94.9 cm³/mol. The summed E-state index contributed by atoms with van der Waals surface area (Å²) in [6.45, 7) is 1.97. The van der Waals surface area contributed by atoms with E-state index in [2.05, 4.69) is 5.43 Å². The first-order valence-electron chi connectivity index (χ1n) is 8.00. The minimum atomic E-state index is -1.67. The van der Waals surface area contributed by atoms with Crippen LogP contribution < -0.4 is 10.4 Å². The average Bonchev–Trinajstić information content (AvgIpc) is 2.63. The second-order valence-corrected chi connectivity index (χ2v) is 5.60. The molecule has 0 saturated heterocycles. The highest BCUT2D eigenvalue weighted by atomic mass is 16.4. The number of nitrogens with zero attached hydrogens (tertiary/aromatic N) is 1. The van der Waals surface area contributed by atoms with Crippen LogP contribution in [0.2, 0.25) is 0 Å². The Balaban J connectivity index is 2.49. The molecular formula is C19H22N2O3. The van der Waals surface area contributed by atoms with Gasteiger partial charge in [0.15, 0.2) is 6.29 Å². The zero-order chi connectivity index (χ0) is 17.4. The number of carboxylic acids is 1. The third kappa shape index (κ3) is 3.74. The van der Waals surface area contributed by atoms with E-state index in [0.29, 0.717) is 24.1 Å². The summed E-state index contributed by atoms with van der Waals surface area (Å²) in [5, 5.41) is 11.3. The average molecular weight is 326 g/mol. The number of rotatable bonds is 9. The summed E-state index contributed by atoms with van der Waals surface area (Å²) in [4.78, 5) is 24.0. The number of unbranched alkanes of at least 4 members (excludes halogenated alkanes) is 1. The van der Waals surface area contributed by atoms with Gasteiger partial charge in [0, 0.05) is 0 Å². The number of benzene rings is 2. The Morgan fingerprint density at radius 1 is 1.12 bits per heavy atom. The van der Waals surface area contributed by atoms with Crippen LogP contribution in [0.4, 0.5) is 11.4 Å². The number of hydrazine groups is 1. The van der Waals surface area contributed by atoms with E-state index in [-0.39, 0.29) is 6.42 Å². The molecule has 2 N–H and O–H groups in total. The molecule has 0 aromatic heterocycles. The Morgan fingerprint density at radius 2 is 1.71 bits per heavy atom. The standard InChI is InChI=1S/C19H22N2O3/c1-2-3-14-19(15-22,18(23)24)21(17-12-8-5-9-13-17)20-16-10-6-4-7-11-16/h4-13,15,20H,2-3,14H2,1H3,(H,23,24). The number of aliphatic carboxylic acids is 1. The van der Waals surface area contributed by atoms with Crippen LogP contribution >= 0.6 is 0 Å². The highest BCUT2D eigenvalue weighted by Gasteiger charge is 2.45. The Morgan fingerprint density at radius 3 is 2.21 bits per heavy atom. The molecule has 0 saturated carbocycles. The number of aldehydes is 1. The molecule has 0 aliphatic carbocycles. The van der Waals surface area contributed by atoms with Gasteiger partial charge in [-0.25, -0.2) is 4.79 Å². The number of hydrogen-bond acceptors (Lipinski definition) is 4. The van der Waals surface area contributed by atoms with Crippen LogP contribution in [0.25, 0.3) is 0 Å². The van der Waals surface area contributed by atoms with Crippen molar-refractivity contribution in [1.29, 1.82) is 0 Å². The lowest BCUT2D eigenvalue weighted by Crippen LogP contribution is -2.59. The van der Waals surface area contributed by atoms with Gasteiger partial charge in [-0.05, 0) is 30.7 Å². The van der Waals surface area contributed by atoms with Crippen LogP contribution in [-0.2, 0) is 9.59 Å². The highest BCUT2D eigenvalue weighted by molar-refractivity contribution is 6.01. The van der Waals surface area contributed by atoms with E-state index in [9.17, 15) is 14.7 Å². The Bertz CT molecular complexity index is 661. The molecule has 0 aliphatic heterocycles. The molecular weight excluding hydrogens is 304 g/mol. The van der Waals surface area contributed by atoms with Gasteiger partial charge in [0.25, 0.3) is 0 Å². The van der Waals surface area contributed by atoms with Gasteiger partial charge < -0.3 is 5.11 Å². The first-order chi connectivity index (χ1) is 11.6. The van der Waals surface area contributed by atoms with Crippen molar-refractivity contribution in [1.82, 2.24) is 0 Å². The topological polar surface area (TPSA) is 69.6 Å². The van der Waals surface area contributed by atoms with Crippen LogP contribution in [0, 0.1) is 0 Å². The maximum Gasteiger partial charge on any atom is 0.339 e. The fourth-order valence-electron chi connectivity index (χ4n) is 2.54. The molecule has 0 heterocycles. The largest absolute Gasteiger partial charge is 0.479 e. The lowest BCUT2D eigenvalue weighted by molar-refractivity contribution is -0.145. The lowest BCUT2D eigenvalue weighted by atomic mass is 9.92. The van der Waals surface area contributed by atoms with Crippen molar-refractivity contribution in [3.8, 4) is 0 Å². The van der Waals surface area contributed by atoms with Gasteiger partial charge in [-0.15, -0.1) is 0 Å². The molecule has 126 valence electrons. The maximum atomic E-state index is 12.1. The summed E-state index contributed by atoms with van der Waals surface area (Å²) < 4.78 is 0. The molecule has 0 spiro atoms. The van der Waals surface area contributed by atoms with Gasteiger partial charge in [-0.3, -0.25) is 15.2 Å². The molecule has 2 aromatic rings. The molecule has 0 fully saturated rings. The normalized spacial score (nSPS) is 12.9. The number of carbonyl (C=O) groups is 2. The van der Waals surface area contributed by atoms with Crippen molar-refractivity contribution in [3.05, 3.63) is 60.7 Å². The Kier molecular flexibility index (Phi) is 5.95. The van der Waals surface area contributed by atoms with Crippen molar-refractivity contribution in [2.45, 2.75) is 31.7 Å². The van der Waals surface area contributed by atoms with E-state index in [4.69, 9.17) is 0 Å². The quantitative estimate of drug-likeness (QED) is 0.417. The van der Waals surface area contributed by atoms with E-state index in [1.54, 1.807) is 12.1 Å².